The van der Waals surface area contributed by atoms with Crippen molar-refractivity contribution < 1.29 is 9.53 Å². The fourth-order valence-electron chi connectivity index (χ4n) is 2.08. The van der Waals surface area contributed by atoms with Crippen LogP contribution in [0.4, 0.5) is 0 Å². The predicted molar refractivity (Wildman–Crippen MR) is 94.7 cm³/mol. The number of unbranched alkanes of at least 4 members (excludes halogenated alkanes) is 2. The Kier molecular flexibility index (Phi) is 6.81. The van der Waals surface area contributed by atoms with E-state index in [9.17, 15) is 4.79 Å². The Balaban J connectivity index is 1.85. The van der Waals surface area contributed by atoms with Crippen LogP contribution in [-0.2, 0) is 7.05 Å². The summed E-state index contributed by atoms with van der Waals surface area (Å²) in [6.45, 7) is 2.89. The van der Waals surface area contributed by atoms with Gasteiger partial charge in [-0.1, -0.05) is 31.4 Å². The molecule has 0 unspecified atom stereocenters. The van der Waals surface area contributed by atoms with Gasteiger partial charge in [0.25, 0.3) is 5.91 Å². The highest BCUT2D eigenvalue weighted by atomic mass is 35.5. The quantitative estimate of drug-likeness (QED) is 0.451. The largest absolute Gasteiger partial charge is 0.494 e. The van der Waals surface area contributed by atoms with Gasteiger partial charge in [-0.05, 0) is 36.2 Å². The molecule has 6 nitrogen and oxygen atoms in total. The molecule has 7 heteroatoms. The molecule has 0 aliphatic heterocycles. The zero-order valence-electron chi connectivity index (χ0n) is 13.8. The number of amides is 1. The van der Waals surface area contributed by atoms with Gasteiger partial charge in [-0.3, -0.25) is 9.48 Å². The molecule has 0 bridgehead atoms. The number of hydrogen-bond acceptors (Lipinski definition) is 4. The molecule has 1 amide bonds. The Bertz CT molecular complexity index is 676. The third kappa shape index (κ3) is 5.09. The van der Waals surface area contributed by atoms with Crippen molar-refractivity contribution in [3.05, 3.63) is 46.7 Å². The van der Waals surface area contributed by atoms with Crippen LogP contribution in [0.1, 0.15) is 42.2 Å². The minimum Gasteiger partial charge on any atom is -0.494 e. The molecule has 1 aromatic carbocycles. The molecule has 1 heterocycles. The lowest BCUT2D eigenvalue weighted by Crippen LogP contribution is -2.21. The molecule has 0 spiro atoms. The Hall–Kier alpha value is -2.34. The van der Waals surface area contributed by atoms with Crippen molar-refractivity contribution >= 4 is 23.7 Å². The number of carbonyl (C=O) groups excluding carboxylic acids is 1. The van der Waals surface area contributed by atoms with E-state index >= 15 is 0 Å². The van der Waals surface area contributed by atoms with Gasteiger partial charge in [0.05, 0.1) is 24.0 Å². The van der Waals surface area contributed by atoms with Gasteiger partial charge in [0.15, 0.2) is 0 Å². The third-order valence-electron chi connectivity index (χ3n) is 3.39. The molecule has 24 heavy (non-hydrogen) atoms. The predicted octanol–water partition coefficient (Wildman–Crippen LogP) is 3.41. The maximum Gasteiger partial charge on any atom is 0.291 e. The van der Waals surface area contributed by atoms with E-state index in [1.165, 1.54) is 23.7 Å². The standard InChI is InChI=1S/C17H21ClN4O2/c1-3-4-5-10-24-14-8-6-13(7-9-14)11-19-21-17(23)16-15(18)12-20-22(16)2/h6-9,11-12H,3-5,10H2,1-2H3,(H,21,23)/b19-11+. The van der Waals surface area contributed by atoms with Crippen molar-refractivity contribution in [2.45, 2.75) is 26.2 Å². The van der Waals surface area contributed by atoms with Gasteiger partial charge >= 0.3 is 0 Å². The minimum absolute atomic E-state index is 0.268. The van der Waals surface area contributed by atoms with Crippen LogP contribution in [0, 0.1) is 0 Å². The van der Waals surface area contributed by atoms with E-state index in [0.29, 0.717) is 0 Å². The molecule has 0 atom stereocenters. The lowest BCUT2D eigenvalue weighted by molar-refractivity contribution is 0.0946. The molecule has 0 saturated heterocycles. The molecule has 1 N–H and O–H groups in total. The number of benzene rings is 1. The number of halogens is 1. The fourth-order valence-corrected chi connectivity index (χ4v) is 2.33. The van der Waals surface area contributed by atoms with Gasteiger partial charge in [-0.25, -0.2) is 5.43 Å². The van der Waals surface area contributed by atoms with Gasteiger partial charge in [0, 0.05) is 7.05 Å². The number of hydrogen-bond donors (Lipinski definition) is 1. The molecule has 1 aromatic heterocycles. The van der Waals surface area contributed by atoms with Gasteiger partial charge < -0.3 is 4.74 Å². The zero-order valence-corrected chi connectivity index (χ0v) is 14.6. The summed E-state index contributed by atoms with van der Waals surface area (Å²) in [6, 6.07) is 7.52. The molecule has 0 radical (unpaired) electrons. The maximum absolute atomic E-state index is 12.0. The highest BCUT2D eigenvalue weighted by Crippen LogP contribution is 2.14. The van der Waals surface area contributed by atoms with Gasteiger partial charge in [-0.15, -0.1) is 0 Å². The molecular formula is C17H21ClN4O2. The summed E-state index contributed by atoms with van der Waals surface area (Å²) in [4.78, 5) is 12.0. The van der Waals surface area contributed by atoms with Crippen LogP contribution in [0.15, 0.2) is 35.6 Å². The number of aromatic nitrogens is 2. The first-order valence-corrected chi connectivity index (χ1v) is 8.23. The van der Waals surface area contributed by atoms with Crippen molar-refractivity contribution in [1.82, 2.24) is 15.2 Å². The summed E-state index contributed by atoms with van der Waals surface area (Å²) >= 11 is 5.90. The van der Waals surface area contributed by atoms with E-state index in [1.54, 1.807) is 13.3 Å². The van der Waals surface area contributed by atoms with Gasteiger partial charge in [0.1, 0.15) is 11.4 Å². The SMILES string of the molecule is CCCCCOc1ccc(/C=N/NC(=O)c2c(Cl)cnn2C)cc1. The molecule has 0 aliphatic rings. The lowest BCUT2D eigenvalue weighted by atomic mass is 10.2. The summed E-state index contributed by atoms with van der Waals surface area (Å²) in [7, 11) is 1.64. The molecule has 128 valence electrons. The van der Waals surface area contributed by atoms with Crippen LogP contribution >= 0.6 is 11.6 Å². The average Bonchev–Trinajstić information content (AvgIpc) is 2.91. The van der Waals surface area contributed by atoms with Crippen molar-refractivity contribution in [3.8, 4) is 5.75 Å². The maximum atomic E-state index is 12.0. The van der Waals surface area contributed by atoms with Crippen molar-refractivity contribution in [2.24, 2.45) is 12.1 Å². The van der Waals surface area contributed by atoms with E-state index in [2.05, 4.69) is 22.5 Å². The second-order valence-electron chi connectivity index (χ2n) is 5.29. The first-order chi connectivity index (χ1) is 11.6. The Morgan fingerprint density at radius 2 is 2.12 bits per heavy atom. The second-order valence-corrected chi connectivity index (χ2v) is 5.70. The van der Waals surface area contributed by atoms with Crippen molar-refractivity contribution in [2.75, 3.05) is 6.61 Å². The number of rotatable bonds is 8. The number of nitrogens with zero attached hydrogens (tertiary/aromatic N) is 3. The average molecular weight is 349 g/mol. The third-order valence-corrected chi connectivity index (χ3v) is 3.66. The number of ether oxygens (including phenoxy) is 1. The number of nitrogens with one attached hydrogen (secondary N) is 1. The first kappa shape index (κ1) is 18.0. The van der Waals surface area contributed by atoms with E-state index in [0.717, 1.165) is 24.3 Å². The summed E-state index contributed by atoms with van der Waals surface area (Å²) in [6.07, 6.45) is 6.38. The van der Waals surface area contributed by atoms with Crippen LogP contribution in [0.3, 0.4) is 0 Å². The summed E-state index contributed by atoms with van der Waals surface area (Å²) in [5, 5.41) is 8.12. The molecule has 0 fully saturated rings. The van der Waals surface area contributed by atoms with E-state index in [-0.39, 0.29) is 10.7 Å². The van der Waals surface area contributed by atoms with Gasteiger partial charge in [0.2, 0.25) is 0 Å². The van der Waals surface area contributed by atoms with Crippen molar-refractivity contribution in [3.63, 3.8) is 0 Å². The second kappa shape index (κ2) is 9.08. The van der Waals surface area contributed by atoms with E-state index in [4.69, 9.17) is 16.3 Å². The fraction of sp³-hybridized carbons (Fsp3) is 0.353. The number of aryl methyl sites for hydroxylation is 1. The molecule has 0 aliphatic carbocycles. The summed E-state index contributed by atoms with van der Waals surface area (Å²) in [5.74, 6) is 0.418. The first-order valence-electron chi connectivity index (χ1n) is 7.85. The highest BCUT2D eigenvalue weighted by Gasteiger charge is 2.14. The van der Waals surface area contributed by atoms with Crippen LogP contribution in [-0.4, -0.2) is 28.5 Å². The van der Waals surface area contributed by atoms with Gasteiger partial charge in [-0.2, -0.15) is 10.2 Å². The highest BCUT2D eigenvalue weighted by molar-refractivity contribution is 6.33. The van der Waals surface area contributed by atoms with Crippen LogP contribution in [0.2, 0.25) is 5.02 Å². The Morgan fingerprint density at radius 1 is 1.38 bits per heavy atom. The van der Waals surface area contributed by atoms with E-state index < -0.39 is 5.91 Å². The Labute approximate surface area is 146 Å². The smallest absolute Gasteiger partial charge is 0.291 e. The minimum atomic E-state index is -0.410. The lowest BCUT2D eigenvalue weighted by Gasteiger charge is -2.05. The number of hydrazone groups is 1. The molecule has 0 saturated carbocycles. The van der Waals surface area contributed by atoms with Crippen molar-refractivity contribution in [1.29, 1.82) is 0 Å². The Morgan fingerprint density at radius 3 is 2.75 bits per heavy atom. The molecule has 2 rings (SSSR count). The van der Waals surface area contributed by atoms with E-state index in [1.807, 2.05) is 24.3 Å². The summed E-state index contributed by atoms with van der Waals surface area (Å²) < 4.78 is 7.04. The molecular weight excluding hydrogens is 328 g/mol. The van der Waals surface area contributed by atoms with Crippen LogP contribution < -0.4 is 10.2 Å². The normalized spacial score (nSPS) is 11.0. The van der Waals surface area contributed by atoms with Crippen LogP contribution in [0.5, 0.6) is 5.75 Å². The monoisotopic (exact) mass is 348 g/mol. The molecule has 2 aromatic rings. The summed E-state index contributed by atoms with van der Waals surface area (Å²) in [5.41, 5.74) is 3.55. The zero-order chi connectivity index (χ0) is 17.4. The van der Waals surface area contributed by atoms with Crippen LogP contribution in [0.25, 0.3) is 0 Å². The number of carbonyl (C=O) groups is 1. The topological polar surface area (TPSA) is 68.5 Å².